The van der Waals surface area contributed by atoms with Crippen LogP contribution in [-0.2, 0) is 9.47 Å². The fourth-order valence-corrected chi connectivity index (χ4v) is 2.56. The van der Waals surface area contributed by atoms with Crippen LogP contribution >= 0.6 is 0 Å². The molecule has 0 N–H and O–H groups in total. The second-order valence-electron chi connectivity index (χ2n) is 2.83. The Hall–Kier alpha value is -0.123. The molecule has 0 spiro atoms. The summed E-state index contributed by atoms with van der Waals surface area (Å²) >= 11 is 0. The molecule has 0 aliphatic carbocycles. The summed E-state index contributed by atoms with van der Waals surface area (Å²) in [5, 5.41) is 0. The van der Waals surface area contributed by atoms with E-state index in [1.807, 2.05) is 6.08 Å². The van der Waals surface area contributed by atoms with Gasteiger partial charge in [0, 0.05) is 14.2 Å². The SMILES string of the molecule is C=CCCCC[SiH2]C(OC)OC. The van der Waals surface area contributed by atoms with E-state index < -0.39 is 0 Å². The summed E-state index contributed by atoms with van der Waals surface area (Å²) in [4.78, 5) is 0. The van der Waals surface area contributed by atoms with Crippen LogP contribution in [0.25, 0.3) is 0 Å². The molecule has 0 aromatic carbocycles. The molecule has 0 amide bonds. The van der Waals surface area contributed by atoms with Crippen LogP contribution < -0.4 is 0 Å². The van der Waals surface area contributed by atoms with Crippen molar-refractivity contribution in [2.75, 3.05) is 14.2 Å². The van der Waals surface area contributed by atoms with Crippen molar-refractivity contribution in [2.24, 2.45) is 0 Å². The van der Waals surface area contributed by atoms with Gasteiger partial charge in [-0.05, 0) is 6.42 Å². The topological polar surface area (TPSA) is 18.5 Å². The first-order valence-electron chi connectivity index (χ1n) is 4.51. The van der Waals surface area contributed by atoms with Crippen molar-refractivity contribution in [3.63, 3.8) is 0 Å². The number of methoxy groups -OCH3 is 2. The zero-order valence-corrected chi connectivity index (χ0v) is 9.63. The molecule has 0 radical (unpaired) electrons. The minimum absolute atomic E-state index is 0.119. The van der Waals surface area contributed by atoms with Crippen molar-refractivity contribution in [1.82, 2.24) is 0 Å². The third-order valence-electron chi connectivity index (χ3n) is 1.87. The minimum Gasteiger partial charge on any atom is -0.360 e. The normalized spacial score (nSPS) is 11.6. The molecule has 0 atom stereocenters. The molecule has 0 unspecified atom stereocenters. The monoisotopic (exact) mass is 188 g/mol. The first kappa shape index (κ1) is 11.9. The zero-order valence-electron chi connectivity index (χ0n) is 8.21. The van der Waals surface area contributed by atoms with Crippen molar-refractivity contribution < 1.29 is 9.47 Å². The van der Waals surface area contributed by atoms with E-state index in [1.54, 1.807) is 14.2 Å². The predicted molar refractivity (Wildman–Crippen MR) is 55.2 cm³/mol. The fourth-order valence-electron chi connectivity index (χ4n) is 1.11. The van der Waals surface area contributed by atoms with Crippen LogP contribution in [0.4, 0.5) is 0 Å². The van der Waals surface area contributed by atoms with Gasteiger partial charge in [0.05, 0.1) is 9.52 Å². The Labute approximate surface area is 77.8 Å². The highest BCUT2D eigenvalue weighted by Crippen LogP contribution is 2.02. The molecule has 3 heteroatoms. The van der Waals surface area contributed by atoms with Gasteiger partial charge in [-0.15, -0.1) is 6.58 Å². The van der Waals surface area contributed by atoms with E-state index in [0.717, 1.165) is 6.42 Å². The number of hydrogen-bond acceptors (Lipinski definition) is 2. The quantitative estimate of drug-likeness (QED) is 0.249. The molecule has 0 heterocycles. The summed E-state index contributed by atoms with van der Waals surface area (Å²) in [5.74, 6) is 0.119. The second-order valence-corrected chi connectivity index (χ2v) is 4.78. The number of hydrogen-bond donors (Lipinski definition) is 0. The van der Waals surface area contributed by atoms with Gasteiger partial charge in [-0.2, -0.15) is 0 Å². The van der Waals surface area contributed by atoms with Gasteiger partial charge in [0.25, 0.3) is 0 Å². The average Bonchev–Trinajstić information content (AvgIpc) is 2.11. The van der Waals surface area contributed by atoms with E-state index in [9.17, 15) is 0 Å². The number of rotatable bonds is 8. The van der Waals surface area contributed by atoms with E-state index in [-0.39, 0.29) is 15.4 Å². The lowest BCUT2D eigenvalue weighted by molar-refractivity contribution is -0.0441. The maximum Gasteiger partial charge on any atom is 0.134 e. The van der Waals surface area contributed by atoms with Gasteiger partial charge >= 0.3 is 0 Å². The lowest BCUT2D eigenvalue weighted by Gasteiger charge is -2.11. The minimum atomic E-state index is -0.181. The summed E-state index contributed by atoms with van der Waals surface area (Å²) in [6.07, 6.45) is 5.67. The Kier molecular flexibility index (Phi) is 8.88. The molecule has 0 saturated carbocycles. The molecule has 0 bridgehead atoms. The van der Waals surface area contributed by atoms with Crippen molar-refractivity contribution in [3.8, 4) is 0 Å². The highest BCUT2D eigenvalue weighted by Gasteiger charge is 2.03. The molecule has 0 aliphatic heterocycles. The molecular weight excluding hydrogens is 168 g/mol. The lowest BCUT2D eigenvalue weighted by Crippen LogP contribution is -2.20. The molecule has 12 heavy (non-hydrogen) atoms. The van der Waals surface area contributed by atoms with Gasteiger partial charge in [-0.1, -0.05) is 25.0 Å². The first-order valence-corrected chi connectivity index (χ1v) is 6.33. The number of ether oxygens (including phenoxy) is 2. The fraction of sp³-hybridized carbons (Fsp3) is 0.778. The number of allylic oxidation sites excluding steroid dienone is 1. The van der Waals surface area contributed by atoms with Crippen LogP contribution in [-0.4, -0.2) is 29.7 Å². The van der Waals surface area contributed by atoms with Crippen LogP contribution in [0.1, 0.15) is 19.3 Å². The average molecular weight is 188 g/mol. The summed E-state index contributed by atoms with van der Waals surface area (Å²) in [5.41, 5.74) is 0. The Morgan fingerprint density at radius 2 is 2.00 bits per heavy atom. The molecule has 72 valence electrons. The van der Waals surface area contributed by atoms with Crippen LogP contribution in [0.5, 0.6) is 0 Å². The number of unbranched alkanes of at least 4 members (excludes halogenated alkanes) is 2. The highest BCUT2D eigenvalue weighted by molar-refractivity contribution is 6.36. The lowest BCUT2D eigenvalue weighted by atomic mass is 10.2. The third-order valence-corrected chi connectivity index (χ3v) is 3.92. The molecule has 0 rings (SSSR count). The zero-order chi connectivity index (χ0) is 9.23. The van der Waals surface area contributed by atoms with Crippen LogP contribution in [0.3, 0.4) is 0 Å². The largest absolute Gasteiger partial charge is 0.360 e. The summed E-state index contributed by atoms with van der Waals surface area (Å²) in [6, 6.07) is 1.31. The van der Waals surface area contributed by atoms with Crippen molar-refractivity contribution in [2.45, 2.75) is 31.2 Å². The molecule has 0 aromatic rings. The van der Waals surface area contributed by atoms with Gasteiger partial charge in [0.15, 0.2) is 0 Å². The molecule has 2 nitrogen and oxygen atoms in total. The van der Waals surface area contributed by atoms with Crippen LogP contribution in [0.2, 0.25) is 6.04 Å². The van der Waals surface area contributed by atoms with Gasteiger partial charge < -0.3 is 9.47 Å². The second kappa shape index (κ2) is 8.97. The van der Waals surface area contributed by atoms with Gasteiger partial charge in [-0.25, -0.2) is 0 Å². The van der Waals surface area contributed by atoms with Crippen LogP contribution in [0.15, 0.2) is 12.7 Å². The van der Waals surface area contributed by atoms with Gasteiger partial charge in [0.1, 0.15) is 5.91 Å². The summed E-state index contributed by atoms with van der Waals surface area (Å²) in [7, 11) is 3.24. The molecule has 0 fully saturated rings. The Balaban J connectivity index is 3.11. The molecular formula is C9H20O2Si. The Bertz CT molecular complexity index is 103. The maximum absolute atomic E-state index is 5.13. The van der Waals surface area contributed by atoms with Crippen molar-refractivity contribution in [1.29, 1.82) is 0 Å². The van der Waals surface area contributed by atoms with Crippen molar-refractivity contribution >= 4 is 9.52 Å². The first-order chi connectivity index (χ1) is 5.85. The Morgan fingerprint density at radius 3 is 2.50 bits per heavy atom. The predicted octanol–water partition coefficient (Wildman–Crippen LogP) is 1.51. The highest BCUT2D eigenvalue weighted by atomic mass is 28.2. The van der Waals surface area contributed by atoms with Gasteiger partial charge in [0.2, 0.25) is 0 Å². The van der Waals surface area contributed by atoms with Crippen LogP contribution in [0, 0.1) is 0 Å². The van der Waals surface area contributed by atoms with Gasteiger partial charge in [-0.3, -0.25) is 0 Å². The molecule has 0 aliphatic rings. The molecule has 0 aromatic heterocycles. The molecule has 0 saturated heterocycles. The standard InChI is InChI=1S/C9H20O2Si/c1-4-5-6-7-8-12-9(10-2)11-3/h4,9H,1,5-8,12H2,2-3H3. The third kappa shape index (κ3) is 6.58. The summed E-state index contributed by atoms with van der Waals surface area (Å²) < 4.78 is 10.3. The van der Waals surface area contributed by atoms with E-state index in [4.69, 9.17) is 9.47 Å². The van der Waals surface area contributed by atoms with E-state index in [0.29, 0.717) is 0 Å². The van der Waals surface area contributed by atoms with Crippen molar-refractivity contribution in [3.05, 3.63) is 12.7 Å². The van der Waals surface area contributed by atoms with E-state index in [1.165, 1.54) is 18.9 Å². The van der Waals surface area contributed by atoms with E-state index >= 15 is 0 Å². The smallest absolute Gasteiger partial charge is 0.134 e. The Morgan fingerprint density at radius 1 is 1.33 bits per heavy atom. The summed E-state index contributed by atoms with van der Waals surface area (Å²) in [6.45, 7) is 3.69. The maximum atomic E-state index is 5.13. The van der Waals surface area contributed by atoms with E-state index in [2.05, 4.69) is 6.58 Å².